The van der Waals surface area contributed by atoms with Crippen LogP contribution in [0.15, 0.2) is 6.33 Å². The molecule has 1 aromatic heterocycles. The van der Waals surface area contributed by atoms with Crippen molar-refractivity contribution in [1.82, 2.24) is 9.36 Å². The Morgan fingerprint density at radius 2 is 2.71 bits per heavy atom. The van der Waals surface area contributed by atoms with Crippen LogP contribution in [0, 0.1) is 0 Å². The summed E-state index contributed by atoms with van der Waals surface area (Å²) in [5.41, 5.74) is 0. The van der Waals surface area contributed by atoms with Crippen LogP contribution in [0.25, 0.3) is 0 Å². The zero-order valence-electron chi connectivity index (χ0n) is 3.29. The molecule has 0 aliphatic rings. The molecule has 0 fully saturated rings. The predicted molar refractivity (Wildman–Crippen MR) is 24.7 cm³/mol. The van der Waals surface area contributed by atoms with Crippen molar-refractivity contribution in [1.29, 1.82) is 0 Å². The fourth-order valence-electron chi connectivity index (χ4n) is 0.218. The number of nitrogens with zero attached hydrogens (tertiary/aromatic N) is 2. The van der Waals surface area contributed by atoms with Crippen LogP contribution in [0.3, 0.4) is 0 Å². The number of hydrogen-bond acceptors (Lipinski definition) is 4. The molecule has 3 nitrogen and oxygen atoms in total. The molecular formula is C3HN2OS. The smallest absolute Gasteiger partial charge is 0.266 e. The third-order valence-electron chi connectivity index (χ3n) is 0.449. The first-order valence-corrected chi connectivity index (χ1v) is 2.35. The summed E-state index contributed by atoms with van der Waals surface area (Å²) in [5.74, 6) is 0. The Balaban J connectivity index is 2.96. The van der Waals surface area contributed by atoms with Crippen LogP contribution in [0.5, 0.6) is 0 Å². The highest BCUT2D eigenvalue weighted by molar-refractivity contribution is 7.07. The summed E-state index contributed by atoms with van der Waals surface area (Å²) in [6, 6.07) is 0. The fourth-order valence-corrected chi connectivity index (χ4v) is 0.544. The number of carbonyl (C=O) groups excluding carboxylic acids is 1. The van der Waals surface area contributed by atoms with E-state index in [0.717, 1.165) is 11.5 Å². The van der Waals surface area contributed by atoms with Gasteiger partial charge in [-0.3, -0.25) is 4.79 Å². The maximum atomic E-state index is 9.65. The monoisotopic (exact) mass is 113 g/mol. The molecule has 1 aromatic rings. The Kier molecular flexibility index (Phi) is 1.12. The molecule has 0 aromatic carbocycles. The largest absolute Gasteiger partial charge is 0.282 e. The van der Waals surface area contributed by atoms with Crippen molar-refractivity contribution >= 4 is 17.8 Å². The van der Waals surface area contributed by atoms with Crippen molar-refractivity contribution in [2.75, 3.05) is 0 Å². The van der Waals surface area contributed by atoms with Gasteiger partial charge in [-0.2, -0.15) is 4.37 Å². The van der Waals surface area contributed by atoms with Crippen molar-refractivity contribution in [3.8, 4) is 0 Å². The molecule has 1 heterocycles. The van der Waals surface area contributed by atoms with E-state index in [1.165, 1.54) is 6.33 Å². The highest BCUT2D eigenvalue weighted by atomic mass is 32.1. The first-order chi connectivity index (χ1) is 3.43. The zero-order valence-corrected chi connectivity index (χ0v) is 4.10. The Labute approximate surface area is 44.2 Å². The first kappa shape index (κ1) is 4.39. The highest BCUT2D eigenvalue weighted by Gasteiger charge is 1.88. The van der Waals surface area contributed by atoms with E-state index < -0.39 is 0 Å². The van der Waals surface area contributed by atoms with E-state index in [2.05, 4.69) is 9.36 Å². The second kappa shape index (κ2) is 1.79. The molecule has 0 N–H and O–H groups in total. The second-order valence-electron chi connectivity index (χ2n) is 0.848. The van der Waals surface area contributed by atoms with Crippen molar-refractivity contribution in [3.05, 3.63) is 11.3 Å². The molecule has 0 aliphatic heterocycles. The Hall–Kier alpha value is -0.770. The van der Waals surface area contributed by atoms with Gasteiger partial charge < -0.3 is 0 Å². The molecule has 0 atom stereocenters. The average Bonchev–Trinajstić information content (AvgIpc) is 2.14. The lowest BCUT2D eigenvalue weighted by Crippen LogP contribution is -1.70. The van der Waals surface area contributed by atoms with Gasteiger partial charge in [0, 0.05) is 0 Å². The third kappa shape index (κ3) is 0.806. The lowest BCUT2D eigenvalue weighted by molar-refractivity contribution is 0.562. The van der Waals surface area contributed by atoms with Gasteiger partial charge in [-0.05, 0) is 11.5 Å². The lowest BCUT2D eigenvalue weighted by atomic mass is 10.8. The second-order valence-corrected chi connectivity index (χ2v) is 1.63. The molecule has 0 spiro atoms. The number of aromatic nitrogens is 2. The maximum absolute atomic E-state index is 9.65. The zero-order chi connectivity index (χ0) is 5.11. The van der Waals surface area contributed by atoms with Gasteiger partial charge in [0.1, 0.15) is 6.33 Å². The number of rotatable bonds is 1. The van der Waals surface area contributed by atoms with Crippen LogP contribution in [0.2, 0.25) is 0 Å². The van der Waals surface area contributed by atoms with Gasteiger partial charge in [0.15, 0.2) is 5.01 Å². The Morgan fingerprint density at radius 1 is 1.86 bits per heavy atom. The van der Waals surface area contributed by atoms with E-state index in [9.17, 15) is 4.79 Å². The molecule has 0 saturated heterocycles. The van der Waals surface area contributed by atoms with E-state index in [0.29, 0.717) is 5.01 Å². The minimum atomic E-state index is 0.306. The van der Waals surface area contributed by atoms with Gasteiger partial charge in [0.25, 0.3) is 6.29 Å². The Morgan fingerprint density at radius 3 is 3.00 bits per heavy atom. The summed E-state index contributed by atoms with van der Waals surface area (Å²) < 4.78 is 3.56. The van der Waals surface area contributed by atoms with Crippen LogP contribution in [-0.2, 0) is 4.79 Å². The standard InChI is InChI=1S/C3HN2OS/c6-1-3-4-2-5-7-3/h2H. The SMILES string of the molecule is O=[C]c1ncns1. The van der Waals surface area contributed by atoms with Gasteiger partial charge in [-0.15, -0.1) is 0 Å². The van der Waals surface area contributed by atoms with E-state index in [1.54, 1.807) is 6.29 Å². The van der Waals surface area contributed by atoms with Crippen molar-refractivity contribution in [3.63, 3.8) is 0 Å². The number of hydrogen-bond donors (Lipinski definition) is 0. The molecule has 4 heteroatoms. The summed E-state index contributed by atoms with van der Waals surface area (Å²) in [6.07, 6.45) is 2.93. The molecule has 0 bridgehead atoms. The average molecular weight is 113 g/mol. The summed E-state index contributed by atoms with van der Waals surface area (Å²) in [5, 5.41) is 0.306. The maximum Gasteiger partial charge on any atom is 0.266 e. The van der Waals surface area contributed by atoms with Crippen LogP contribution in [0.4, 0.5) is 0 Å². The first-order valence-electron chi connectivity index (χ1n) is 1.58. The topological polar surface area (TPSA) is 42.9 Å². The molecule has 0 amide bonds. The Bertz CT molecular complexity index is 148. The van der Waals surface area contributed by atoms with Crippen LogP contribution < -0.4 is 0 Å². The normalized spacial score (nSPS) is 8.57. The van der Waals surface area contributed by atoms with Gasteiger partial charge >= 0.3 is 0 Å². The van der Waals surface area contributed by atoms with Crippen molar-refractivity contribution in [2.45, 2.75) is 0 Å². The summed E-state index contributed by atoms with van der Waals surface area (Å²) in [6.45, 7) is 0. The van der Waals surface area contributed by atoms with Crippen molar-refractivity contribution < 1.29 is 4.79 Å². The molecule has 0 aliphatic carbocycles. The molecule has 1 radical (unpaired) electrons. The molecule has 35 valence electrons. The van der Waals surface area contributed by atoms with Crippen LogP contribution >= 0.6 is 11.5 Å². The summed E-state index contributed by atoms with van der Waals surface area (Å²) in [7, 11) is 0. The van der Waals surface area contributed by atoms with E-state index in [1.807, 2.05) is 0 Å². The van der Waals surface area contributed by atoms with Gasteiger partial charge in [-0.25, -0.2) is 4.98 Å². The molecule has 0 saturated carbocycles. The van der Waals surface area contributed by atoms with Crippen LogP contribution in [-0.4, -0.2) is 15.6 Å². The van der Waals surface area contributed by atoms with E-state index in [4.69, 9.17) is 0 Å². The molecule has 7 heavy (non-hydrogen) atoms. The molecule has 0 unspecified atom stereocenters. The third-order valence-corrected chi connectivity index (χ3v) is 1.01. The molecular weight excluding hydrogens is 112 g/mol. The quantitative estimate of drug-likeness (QED) is 0.514. The minimum absolute atomic E-state index is 0.306. The van der Waals surface area contributed by atoms with Crippen molar-refractivity contribution in [2.24, 2.45) is 0 Å². The van der Waals surface area contributed by atoms with Gasteiger partial charge in [-0.1, -0.05) is 0 Å². The minimum Gasteiger partial charge on any atom is -0.282 e. The fraction of sp³-hybridized carbons (Fsp3) is 0. The predicted octanol–water partition coefficient (Wildman–Crippen LogP) is -0.00410. The lowest BCUT2D eigenvalue weighted by Gasteiger charge is -1.60. The van der Waals surface area contributed by atoms with E-state index in [-0.39, 0.29) is 0 Å². The van der Waals surface area contributed by atoms with Gasteiger partial charge in [0.2, 0.25) is 0 Å². The summed E-state index contributed by atoms with van der Waals surface area (Å²) in [4.78, 5) is 13.2. The molecule has 1 rings (SSSR count). The van der Waals surface area contributed by atoms with E-state index >= 15 is 0 Å². The van der Waals surface area contributed by atoms with Gasteiger partial charge in [0.05, 0.1) is 0 Å². The summed E-state index contributed by atoms with van der Waals surface area (Å²) >= 11 is 1.04. The van der Waals surface area contributed by atoms with Crippen LogP contribution in [0.1, 0.15) is 5.01 Å². The highest BCUT2D eigenvalue weighted by Crippen LogP contribution is 1.91.